The summed E-state index contributed by atoms with van der Waals surface area (Å²) in [5.41, 5.74) is 0.638. The molecule has 116 valence electrons. The minimum absolute atomic E-state index is 0.0220. The average molecular weight is 319 g/mol. The van der Waals surface area contributed by atoms with Gasteiger partial charge in [-0.1, -0.05) is 18.2 Å². The Morgan fingerprint density at radius 3 is 3.09 bits per heavy atom. The second-order valence-electron chi connectivity index (χ2n) is 5.45. The van der Waals surface area contributed by atoms with Crippen LogP contribution in [0.1, 0.15) is 29.7 Å². The van der Waals surface area contributed by atoms with Gasteiger partial charge in [0.15, 0.2) is 5.13 Å². The molecule has 2 N–H and O–H groups in total. The molecule has 22 heavy (non-hydrogen) atoms. The number of halogens is 1. The maximum Gasteiger partial charge on any atom is 0.227 e. The highest BCUT2D eigenvalue weighted by Crippen LogP contribution is 2.22. The van der Waals surface area contributed by atoms with Crippen LogP contribution in [0.25, 0.3) is 0 Å². The SMILES string of the molecule is O=C(CC1CCCN1)Nc1ncc(Cc2ccccc2F)s1. The lowest BCUT2D eigenvalue weighted by Crippen LogP contribution is -2.27. The first-order valence-electron chi connectivity index (χ1n) is 7.42. The lowest BCUT2D eigenvalue weighted by Gasteiger charge is -2.08. The number of thiazole rings is 1. The van der Waals surface area contributed by atoms with E-state index in [0.717, 1.165) is 24.3 Å². The van der Waals surface area contributed by atoms with E-state index in [1.165, 1.54) is 17.4 Å². The van der Waals surface area contributed by atoms with Gasteiger partial charge in [-0.2, -0.15) is 0 Å². The Balaban J connectivity index is 1.56. The molecule has 1 aliphatic rings. The van der Waals surface area contributed by atoms with Gasteiger partial charge in [-0.3, -0.25) is 4.79 Å². The summed E-state index contributed by atoms with van der Waals surface area (Å²) >= 11 is 1.39. The van der Waals surface area contributed by atoms with Crippen LogP contribution in [0.2, 0.25) is 0 Å². The number of benzene rings is 1. The fourth-order valence-electron chi connectivity index (χ4n) is 2.60. The lowest BCUT2D eigenvalue weighted by molar-refractivity contribution is -0.116. The van der Waals surface area contributed by atoms with E-state index in [9.17, 15) is 9.18 Å². The molecule has 1 amide bonds. The first kappa shape index (κ1) is 15.1. The molecule has 0 spiro atoms. The Bertz CT molecular complexity index is 652. The number of nitrogens with zero attached hydrogens (tertiary/aromatic N) is 1. The van der Waals surface area contributed by atoms with Crippen LogP contribution in [0, 0.1) is 5.82 Å². The van der Waals surface area contributed by atoms with Crippen LogP contribution in [-0.4, -0.2) is 23.5 Å². The van der Waals surface area contributed by atoms with Gasteiger partial charge in [0.2, 0.25) is 5.91 Å². The molecule has 6 heteroatoms. The monoisotopic (exact) mass is 319 g/mol. The number of aromatic nitrogens is 1. The van der Waals surface area contributed by atoms with Crippen LogP contribution >= 0.6 is 11.3 Å². The molecule has 1 unspecified atom stereocenters. The lowest BCUT2D eigenvalue weighted by atomic mass is 10.1. The second kappa shape index (κ2) is 6.98. The van der Waals surface area contributed by atoms with E-state index in [1.54, 1.807) is 18.3 Å². The zero-order valence-electron chi connectivity index (χ0n) is 12.1. The van der Waals surface area contributed by atoms with Gasteiger partial charge in [0.25, 0.3) is 0 Å². The number of hydrogen-bond acceptors (Lipinski definition) is 4. The highest BCUT2D eigenvalue weighted by molar-refractivity contribution is 7.15. The Hall–Kier alpha value is -1.79. The van der Waals surface area contributed by atoms with Crippen molar-refractivity contribution >= 4 is 22.4 Å². The number of carbonyl (C=O) groups excluding carboxylic acids is 1. The third kappa shape index (κ3) is 3.90. The molecule has 2 heterocycles. The Morgan fingerprint density at radius 1 is 1.45 bits per heavy atom. The average Bonchev–Trinajstić information content (AvgIpc) is 3.14. The molecule has 1 atom stereocenters. The Morgan fingerprint density at radius 2 is 2.32 bits per heavy atom. The molecule has 2 aromatic rings. The van der Waals surface area contributed by atoms with Gasteiger partial charge in [0, 0.05) is 30.0 Å². The summed E-state index contributed by atoms with van der Waals surface area (Å²) < 4.78 is 13.6. The fraction of sp³-hybridized carbons (Fsp3) is 0.375. The van der Waals surface area contributed by atoms with Gasteiger partial charge in [0.1, 0.15) is 5.82 Å². The molecule has 0 bridgehead atoms. The van der Waals surface area contributed by atoms with Crippen LogP contribution in [0.4, 0.5) is 9.52 Å². The number of hydrogen-bond donors (Lipinski definition) is 2. The summed E-state index contributed by atoms with van der Waals surface area (Å²) in [6.45, 7) is 0.988. The van der Waals surface area contributed by atoms with Crippen molar-refractivity contribution in [1.82, 2.24) is 10.3 Å². The minimum Gasteiger partial charge on any atom is -0.313 e. The summed E-state index contributed by atoms with van der Waals surface area (Å²) in [7, 11) is 0. The highest BCUT2D eigenvalue weighted by Gasteiger charge is 2.18. The van der Waals surface area contributed by atoms with E-state index in [4.69, 9.17) is 0 Å². The van der Waals surface area contributed by atoms with E-state index >= 15 is 0 Å². The smallest absolute Gasteiger partial charge is 0.227 e. The highest BCUT2D eigenvalue weighted by atomic mass is 32.1. The Labute approximate surface area is 132 Å². The van der Waals surface area contributed by atoms with Crippen LogP contribution in [0.3, 0.4) is 0 Å². The molecule has 0 aliphatic carbocycles. The maximum atomic E-state index is 13.6. The van der Waals surface area contributed by atoms with Crippen molar-refractivity contribution in [2.24, 2.45) is 0 Å². The summed E-state index contributed by atoms with van der Waals surface area (Å²) in [5, 5.41) is 6.70. The Kier molecular flexibility index (Phi) is 4.80. The van der Waals surface area contributed by atoms with Crippen LogP contribution in [0.15, 0.2) is 30.5 Å². The zero-order valence-corrected chi connectivity index (χ0v) is 13.0. The van der Waals surface area contributed by atoms with Gasteiger partial charge in [0.05, 0.1) is 0 Å². The normalized spacial score (nSPS) is 17.6. The standard InChI is InChI=1S/C16H18FN3OS/c17-14-6-2-1-4-11(14)8-13-10-19-16(22-13)20-15(21)9-12-5-3-7-18-12/h1-2,4,6,10,12,18H,3,5,7-9H2,(H,19,20,21). The molecule has 1 fully saturated rings. The predicted molar refractivity (Wildman–Crippen MR) is 85.6 cm³/mol. The fourth-order valence-corrected chi connectivity index (χ4v) is 3.45. The second-order valence-corrected chi connectivity index (χ2v) is 6.56. The summed E-state index contributed by atoms with van der Waals surface area (Å²) in [4.78, 5) is 17.1. The number of carbonyl (C=O) groups is 1. The molecule has 4 nitrogen and oxygen atoms in total. The van der Waals surface area contributed by atoms with Crippen molar-refractivity contribution < 1.29 is 9.18 Å². The summed E-state index contributed by atoms with van der Waals surface area (Å²) in [5.74, 6) is -0.236. The minimum atomic E-state index is -0.214. The van der Waals surface area contributed by atoms with Gasteiger partial charge in [-0.05, 0) is 31.0 Å². The van der Waals surface area contributed by atoms with Crippen molar-refractivity contribution in [1.29, 1.82) is 0 Å². The quantitative estimate of drug-likeness (QED) is 0.891. The molecule has 1 saturated heterocycles. The van der Waals surface area contributed by atoms with E-state index < -0.39 is 0 Å². The van der Waals surface area contributed by atoms with Gasteiger partial charge in [-0.15, -0.1) is 11.3 Å². The van der Waals surface area contributed by atoms with Crippen LogP contribution in [0.5, 0.6) is 0 Å². The third-order valence-electron chi connectivity index (χ3n) is 3.72. The molecular formula is C16H18FN3OS. The predicted octanol–water partition coefficient (Wildman–Crippen LogP) is 2.95. The van der Waals surface area contributed by atoms with Crippen molar-refractivity contribution in [3.05, 3.63) is 46.7 Å². The summed E-state index contributed by atoms with van der Waals surface area (Å²) in [6.07, 6.45) is 4.83. The van der Waals surface area contributed by atoms with E-state index in [0.29, 0.717) is 23.5 Å². The third-order valence-corrected chi connectivity index (χ3v) is 4.63. The first-order valence-corrected chi connectivity index (χ1v) is 8.24. The molecule has 3 rings (SSSR count). The first-order chi connectivity index (χ1) is 10.7. The van der Waals surface area contributed by atoms with Crippen LogP contribution < -0.4 is 10.6 Å². The van der Waals surface area contributed by atoms with Crippen LogP contribution in [-0.2, 0) is 11.2 Å². The zero-order chi connectivity index (χ0) is 15.4. The van der Waals surface area contributed by atoms with E-state index in [-0.39, 0.29) is 17.8 Å². The molecule has 0 saturated carbocycles. The molecule has 1 aromatic heterocycles. The van der Waals surface area contributed by atoms with Crippen molar-refractivity contribution in [2.75, 3.05) is 11.9 Å². The maximum absolute atomic E-state index is 13.6. The van der Waals surface area contributed by atoms with Crippen molar-refractivity contribution in [3.8, 4) is 0 Å². The van der Waals surface area contributed by atoms with Crippen molar-refractivity contribution in [2.45, 2.75) is 31.7 Å². The van der Waals surface area contributed by atoms with Gasteiger partial charge in [-0.25, -0.2) is 9.37 Å². The topological polar surface area (TPSA) is 54.0 Å². The number of rotatable bonds is 5. The van der Waals surface area contributed by atoms with E-state index in [1.807, 2.05) is 6.07 Å². The molecular weight excluding hydrogens is 301 g/mol. The van der Waals surface area contributed by atoms with Crippen molar-refractivity contribution in [3.63, 3.8) is 0 Å². The van der Waals surface area contributed by atoms with E-state index in [2.05, 4.69) is 15.6 Å². The van der Waals surface area contributed by atoms with Gasteiger partial charge < -0.3 is 10.6 Å². The molecule has 1 aliphatic heterocycles. The number of anilines is 1. The summed E-state index contributed by atoms with van der Waals surface area (Å²) in [6, 6.07) is 6.98. The molecule has 0 radical (unpaired) electrons. The number of nitrogens with one attached hydrogen (secondary N) is 2. The molecule has 1 aromatic carbocycles. The number of amides is 1. The largest absolute Gasteiger partial charge is 0.313 e. The van der Waals surface area contributed by atoms with Gasteiger partial charge >= 0.3 is 0 Å².